The molecule has 2 amide bonds. The summed E-state index contributed by atoms with van der Waals surface area (Å²) in [5.74, 6) is -0.180. The Hall–Kier alpha value is -2.82. The fourth-order valence-electron chi connectivity index (χ4n) is 3.38. The zero-order valence-electron chi connectivity index (χ0n) is 17.2. The first-order chi connectivity index (χ1) is 13.2. The van der Waals surface area contributed by atoms with Crippen LogP contribution in [0.15, 0.2) is 48.5 Å². The Bertz CT molecular complexity index is 862. The number of piperazine rings is 1. The highest BCUT2D eigenvalue weighted by Gasteiger charge is 2.23. The van der Waals surface area contributed by atoms with Crippen LogP contribution in [-0.2, 0) is 0 Å². The maximum absolute atomic E-state index is 12.9. The minimum absolute atomic E-state index is 0.0192. The molecule has 1 fully saturated rings. The van der Waals surface area contributed by atoms with Crippen LogP contribution < -0.4 is 10.2 Å². The van der Waals surface area contributed by atoms with Gasteiger partial charge in [0.15, 0.2) is 0 Å². The molecule has 5 nitrogen and oxygen atoms in total. The van der Waals surface area contributed by atoms with E-state index >= 15 is 0 Å². The Balaban J connectivity index is 1.65. The Morgan fingerprint density at radius 3 is 2.18 bits per heavy atom. The number of anilines is 1. The standard InChI is InChI=1S/C23H29N3O2/c1-17-7-5-10-20(15-17)25-11-13-26(14-12-25)22(28)19-9-6-8-18(16-19)21(27)24-23(2,3)4/h5-10,15-16H,11-14H2,1-4H3,(H,24,27). The number of nitrogens with one attached hydrogen (secondary N) is 1. The Labute approximate surface area is 167 Å². The molecule has 0 aliphatic carbocycles. The lowest BCUT2D eigenvalue weighted by Gasteiger charge is -2.36. The lowest BCUT2D eigenvalue weighted by molar-refractivity contribution is 0.0747. The van der Waals surface area contributed by atoms with E-state index < -0.39 is 0 Å². The van der Waals surface area contributed by atoms with Crippen LogP contribution in [0.25, 0.3) is 0 Å². The fourth-order valence-corrected chi connectivity index (χ4v) is 3.38. The van der Waals surface area contributed by atoms with Crippen LogP contribution >= 0.6 is 0 Å². The molecule has 1 aliphatic heterocycles. The number of benzene rings is 2. The van der Waals surface area contributed by atoms with Gasteiger partial charge >= 0.3 is 0 Å². The Morgan fingerprint density at radius 2 is 1.54 bits per heavy atom. The van der Waals surface area contributed by atoms with Gasteiger partial charge in [0, 0.05) is 48.5 Å². The quantitative estimate of drug-likeness (QED) is 0.888. The van der Waals surface area contributed by atoms with Crippen molar-refractivity contribution < 1.29 is 9.59 Å². The Kier molecular flexibility index (Phi) is 5.73. The van der Waals surface area contributed by atoms with E-state index in [1.807, 2.05) is 25.7 Å². The number of carbonyl (C=O) groups is 2. The van der Waals surface area contributed by atoms with Gasteiger partial charge in [0.25, 0.3) is 11.8 Å². The summed E-state index contributed by atoms with van der Waals surface area (Å²) in [6.45, 7) is 10.9. The number of aryl methyl sites for hydroxylation is 1. The van der Waals surface area contributed by atoms with Gasteiger partial charge in [-0.05, 0) is 63.6 Å². The van der Waals surface area contributed by atoms with E-state index in [2.05, 4.69) is 41.4 Å². The number of hydrogen-bond donors (Lipinski definition) is 1. The lowest BCUT2D eigenvalue weighted by Crippen LogP contribution is -2.48. The minimum Gasteiger partial charge on any atom is -0.368 e. The summed E-state index contributed by atoms with van der Waals surface area (Å²) in [6, 6.07) is 15.4. The second-order valence-electron chi connectivity index (χ2n) is 8.40. The van der Waals surface area contributed by atoms with Crippen LogP contribution in [0.2, 0.25) is 0 Å². The molecule has 0 aromatic heterocycles. The van der Waals surface area contributed by atoms with E-state index in [4.69, 9.17) is 0 Å². The summed E-state index contributed by atoms with van der Waals surface area (Å²) < 4.78 is 0. The van der Waals surface area contributed by atoms with Crippen molar-refractivity contribution >= 4 is 17.5 Å². The summed E-state index contributed by atoms with van der Waals surface area (Å²) >= 11 is 0. The molecule has 5 heteroatoms. The molecule has 0 atom stereocenters. The predicted molar refractivity (Wildman–Crippen MR) is 113 cm³/mol. The summed E-state index contributed by atoms with van der Waals surface area (Å²) in [5, 5.41) is 2.94. The summed E-state index contributed by atoms with van der Waals surface area (Å²) in [6.07, 6.45) is 0. The van der Waals surface area contributed by atoms with E-state index in [0.717, 1.165) is 13.1 Å². The second-order valence-corrected chi connectivity index (χ2v) is 8.40. The molecule has 2 aromatic rings. The highest BCUT2D eigenvalue weighted by atomic mass is 16.2. The van der Waals surface area contributed by atoms with Crippen molar-refractivity contribution in [1.29, 1.82) is 0 Å². The number of hydrogen-bond acceptors (Lipinski definition) is 3. The molecule has 148 valence electrons. The van der Waals surface area contributed by atoms with Gasteiger partial charge in [-0.3, -0.25) is 9.59 Å². The van der Waals surface area contributed by atoms with E-state index in [1.165, 1.54) is 11.3 Å². The molecule has 0 unspecified atom stereocenters. The van der Waals surface area contributed by atoms with Crippen molar-refractivity contribution in [3.8, 4) is 0 Å². The molecular formula is C23H29N3O2. The van der Waals surface area contributed by atoms with Crippen LogP contribution in [0.1, 0.15) is 47.1 Å². The van der Waals surface area contributed by atoms with Crippen LogP contribution in [0.3, 0.4) is 0 Å². The van der Waals surface area contributed by atoms with Crippen molar-refractivity contribution in [3.05, 3.63) is 65.2 Å². The van der Waals surface area contributed by atoms with E-state index in [0.29, 0.717) is 24.2 Å². The molecule has 0 spiro atoms. The van der Waals surface area contributed by atoms with Crippen molar-refractivity contribution in [3.63, 3.8) is 0 Å². The predicted octanol–water partition coefficient (Wildman–Crippen LogP) is 3.49. The molecule has 3 rings (SSSR count). The first-order valence-corrected chi connectivity index (χ1v) is 9.76. The Morgan fingerprint density at radius 1 is 0.893 bits per heavy atom. The molecule has 1 saturated heterocycles. The van der Waals surface area contributed by atoms with E-state index in [-0.39, 0.29) is 17.4 Å². The first-order valence-electron chi connectivity index (χ1n) is 9.76. The largest absolute Gasteiger partial charge is 0.368 e. The molecule has 1 heterocycles. The zero-order chi connectivity index (χ0) is 20.3. The van der Waals surface area contributed by atoms with E-state index in [9.17, 15) is 9.59 Å². The average Bonchev–Trinajstić information content (AvgIpc) is 2.66. The van der Waals surface area contributed by atoms with Gasteiger partial charge in [-0.1, -0.05) is 18.2 Å². The molecule has 1 aliphatic rings. The maximum atomic E-state index is 12.9. The van der Waals surface area contributed by atoms with Gasteiger partial charge in [0.1, 0.15) is 0 Å². The summed E-state index contributed by atoms with van der Waals surface area (Å²) in [4.78, 5) is 29.5. The van der Waals surface area contributed by atoms with Gasteiger partial charge in [-0.2, -0.15) is 0 Å². The third kappa shape index (κ3) is 4.91. The number of carbonyl (C=O) groups excluding carboxylic acids is 2. The van der Waals surface area contributed by atoms with Gasteiger partial charge in [-0.25, -0.2) is 0 Å². The summed E-state index contributed by atoms with van der Waals surface area (Å²) in [7, 11) is 0. The molecule has 0 bridgehead atoms. The highest BCUT2D eigenvalue weighted by Crippen LogP contribution is 2.19. The SMILES string of the molecule is Cc1cccc(N2CCN(C(=O)c3cccc(C(=O)NC(C)(C)C)c3)CC2)c1. The number of nitrogens with zero attached hydrogens (tertiary/aromatic N) is 2. The number of rotatable bonds is 3. The molecule has 28 heavy (non-hydrogen) atoms. The van der Waals surface area contributed by atoms with Crippen molar-refractivity contribution in [1.82, 2.24) is 10.2 Å². The molecule has 1 N–H and O–H groups in total. The normalized spacial score (nSPS) is 14.7. The fraction of sp³-hybridized carbons (Fsp3) is 0.391. The maximum Gasteiger partial charge on any atom is 0.253 e. The summed E-state index contributed by atoms with van der Waals surface area (Å²) in [5.41, 5.74) is 3.20. The van der Waals surface area contributed by atoms with Crippen LogP contribution in [0, 0.1) is 6.92 Å². The van der Waals surface area contributed by atoms with Crippen molar-refractivity contribution in [2.45, 2.75) is 33.2 Å². The monoisotopic (exact) mass is 379 g/mol. The van der Waals surface area contributed by atoms with Gasteiger partial charge < -0.3 is 15.1 Å². The average molecular weight is 380 g/mol. The minimum atomic E-state index is -0.316. The van der Waals surface area contributed by atoms with Gasteiger partial charge in [0.05, 0.1) is 0 Å². The van der Waals surface area contributed by atoms with E-state index in [1.54, 1.807) is 24.3 Å². The zero-order valence-corrected chi connectivity index (χ0v) is 17.2. The van der Waals surface area contributed by atoms with Gasteiger partial charge in [0.2, 0.25) is 0 Å². The van der Waals surface area contributed by atoms with Crippen molar-refractivity contribution in [2.24, 2.45) is 0 Å². The van der Waals surface area contributed by atoms with Crippen LogP contribution in [0.5, 0.6) is 0 Å². The van der Waals surface area contributed by atoms with Crippen LogP contribution in [0.4, 0.5) is 5.69 Å². The molecule has 0 saturated carbocycles. The smallest absolute Gasteiger partial charge is 0.253 e. The third-order valence-electron chi connectivity index (χ3n) is 4.79. The molecule has 2 aromatic carbocycles. The second kappa shape index (κ2) is 8.05. The lowest BCUT2D eigenvalue weighted by atomic mass is 10.1. The molecular weight excluding hydrogens is 350 g/mol. The highest BCUT2D eigenvalue weighted by molar-refractivity contribution is 6.00. The number of amides is 2. The third-order valence-corrected chi connectivity index (χ3v) is 4.79. The van der Waals surface area contributed by atoms with Gasteiger partial charge in [-0.15, -0.1) is 0 Å². The first kappa shape index (κ1) is 19.9. The topological polar surface area (TPSA) is 52.7 Å². The van der Waals surface area contributed by atoms with Crippen molar-refractivity contribution in [2.75, 3.05) is 31.1 Å². The molecule has 0 radical (unpaired) electrons. The van der Waals surface area contributed by atoms with Crippen LogP contribution in [-0.4, -0.2) is 48.4 Å².